The molecule has 0 atom stereocenters. The summed E-state index contributed by atoms with van der Waals surface area (Å²) in [5, 5.41) is 8.32. The van der Waals surface area contributed by atoms with Crippen LogP contribution in [0.4, 0.5) is 0 Å². The van der Waals surface area contributed by atoms with Crippen molar-refractivity contribution in [1.82, 2.24) is 5.48 Å². The summed E-state index contributed by atoms with van der Waals surface area (Å²) in [6.45, 7) is 0. The number of hydroxylamine groups is 1. The Bertz CT molecular complexity index is 401. The zero-order valence-corrected chi connectivity index (χ0v) is 9.06. The Morgan fingerprint density at radius 3 is 2.69 bits per heavy atom. The summed E-state index contributed by atoms with van der Waals surface area (Å²) >= 11 is 0. The van der Waals surface area contributed by atoms with Crippen molar-refractivity contribution in [1.29, 1.82) is 0 Å². The molecule has 0 unspecified atom stereocenters. The third-order valence-corrected chi connectivity index (χ3v) is 1.97. The second-order valence-corrected chi connectivity index (χ2v) is 2.92. The summed E-state index contributed by atoms with van der Waals surface area (Å²) in [4.78, 5) is 10.8. The van der Waals surface area contributed by atoms with E-state index in [9.17, 15) is 4.79 Å². The molecule has 5 heteroatoms. The summed E-state index contributed by atoms with van der Waals surface area (Å²) in [6.07, 6.45) is 2.73. The normalized spacial score (nSPS) is 10.2. The standard InChI is InChI=1S/C11H13NO4/c1-15-9-5-3-8(10(7-9)16-2)4-6-11(13)12-14/h3-7,14H,1-2H3,(H,12,13). The van der Waals surface area contributed by atoms with Crippen LogP contribution >= 0.6 is 0 Å². The van der Waals surface area contributed by atoms with Crippen molar-refractivity contribution in [2.24, 2.45) is 0 Å². The molecule has 0 spiro atoms. The van der Waals surface area contributed by atoms with Crippen LogP contribution < -0.4 is 15.0 Å². The Morgan fingerprint density at radius 2 is 2.12 bits per heavy atom. The van der Waals surface area contributed by atoms with Crippen molar-refractivity contribution in [3.8, 4) is 11.5 Å². The lowest BCUT2D eigenvalue weighted by atomic mass is 10.1. The molecule has 0 heterocycles. The fourth-order valence-corrected chi connectivity index (χ4v) is 1.16. The minimum absolute atomic E-state index is 0.585. The van der Waals surface area contributed by atoms with Gasteiger partial charge in [-0.05, 0) is 18.2 Å². The van der Waals surface area contributed by atoms with Gasteiger partial charge in [-0.25, -0.2) is 5.48 Å². The molecule has 0 bridgehead atoms. The van der Waals surface area contributed by atoms with E-state index in [0.29, 0.717) is 17.1 Å². The Balaban J connectivity index is 2.95. The third kappa shape index (κ3) is 2.99. The molecule has 0 saturated heterocycles. The Kier molecular flexibility index (Phi) is 4.35. The lowest BCUT2D eigenvalue weighted by Gasteiger charge is -2.06. The number of benzene rings is 1. The lowest BCUT2D eigenvalue weighted by Crippen LogP contribution is -2.14. The number of carbonyl (C=O) groups is 1. The molecular weight excluding hydrogens is 210 g/mol. The average molecular weight is 223 g/mol. The highest BCUT2D eigenvalue weighted by molar-refractivity contribution is 5.91. The molecule has 0 radical (unpaired) electrons. The van der Waals surface area contributed by atoms with Crippen molar-refractivity contribution in [3.63, 3.8) is 0 Å². The fourth-order valence-electron chi connectivity index (χ4n) is 1.16. The van der Waals surface area contributed by atoms with Crippen molar-refractivity contribution in [3.05, 3.63) is 29.8 Å². The van der Waals surface area contributed by atoms with Gasteiger partial charge in [-0.1, -0.05) is 0 Å². The van der Waals surface area contributed by atoms with Gasteiger partial charge >= 0.3 is 0 Å². The minimum Gasteiger partial charge on any atom is -0.497 e. The van der Waals surface area contributed by atoms with E-state index >= 15 is 0 Å². The van der Waals surface area contributed by atoms with Gasteiger partial charge in [0.2, 0.25) is 0 Å². The number of hydrogen-bond acceptors (Lipinski definition) is 4. The first-order valence-corrected chi connectivity index (χ1v) is 4.55. The monoisotopic (exact) mass is 223 g/mol. The van der Waals surface area contributed by atoms with Crippen LogP contribution in [0.3, 0.4) is 0 Å². The molecule has 0 aromatic heterocycles. The number of methoxy groups -OCH3 is 2. The smallest absolute Gasteiger partial charge is 0.267 e. The van der Waals surface area contributed by atoms with Gasteiger partial charge in [0, 0.05) is 17.7 Å². The van der Waals surface area contributed by atoms with E-state index in [2.05, 4.69) is 0 Å². The molecule has 1 aromatic carbocycles. The third-order valence-electron chi connectivity index (χ3n) is 1.97. The molecule has 1 rings (SSSR count). The van der Waals surface area contributed by atoms with E-state index in [1.54, 1.807) is 25.3 Å². The molecule has 86 valence electrons. The van der Waals surface area contributed by atoms with E-state index in [4.69, 9.17) is 14.7 Å². The SMILES string of the molecule is COc1ccc(C=CC(=O)NO)c(OC)c1. The molecular formula is C11H13NO4. The quantitative estimate of drug-likeness (QED) is 0.457. The molecule has 0 aliphatic heterocycles. The van der Waals surface area contributed by atoms with Gasteiger partial charge in [0.25, 0.3) is 5.91 Å². The molecule has 0 aliphatic carbocycles. The van der Waals surface area contributed by atoms with Crippen LogP contribution in [0.5, 0.6) is 11.5 Å². The highest BCUT2D eigenvalue weighted by atomic mass is 16.5. The van der Waals surface area contributed by atoms with Crippen LogP contribution in [-0.4, -0.2) is 25.3 Å². The highest BCUT2D eigenvalue weighted by Crippen LogP contribution is 2.25. The molecule has 0 fully saturated rings. The molecule has 1 amide bonds. The molecule has 0 aliphatic rings. The Labute approximate surface area is 93.3 Å². The van der Waals surface area contributed by atoms with E-state index in [1.165, 1.54) is 24.7 Å². The fraction of sp³-hybridized carbons (Fsp3) is 0.182. The molecule has 0 saturated carbocycles. The van der Waals surface area contributed by atoms with Gasteiger partial charge in [0.15, 0.2) is 0 Å². The molecule has 2 N–H and O–H groups in total. The van der Waals surface area contributed by atoms with Crippen LogP contribution in [0.15, 0.2) is 24.3 Å². The zero-order valence-electron chi connectivity index (χ0n) is 9.06. The molecule has 16 heavy (non-hydrogen) atoms. The summed E-state index contributed by atoms with van der Waals surface area (Å²) in [6, 6.07) is 5.20. The summed E-state index contributed by atoms with van der Waals surface area (Å²) in [5.41, 5.74) is 2.22. The van der Waals surface area contributed by atoms with Crippen LogP contribution in [-0.2, 0) is 4.79 Å². The number of carbonyl (C=O) groups excluding carboxylic acids is 1. The number of hydrogen-bond donors (Lipinski definition) is 2. The van der Waals surface area contributed by atoms with Gasteiger partial charge in [0.05, 0.1) is 14.2 Å². The van der Waals surface area contributed by atoms with E-state index < -0.39 is 5.91 Å². The number of nitrogens with one attached hydrogen (secondary N) is 1. The second-order valence-electron chi connectivity index (χ2n) is 2.92. The largest absolute Gasteiger partial charge is 0.497 e. The van der Waals surface area contributed by atoms with Gasteiger partial charge < -0.3 is 9.47 Å². The van der Waals surface area contributed by atoms with E-state index in [-0.39, 0.29) is 0 Å². The topological polar surface area (TPSA) is 67.8 Å². The predicted molar refractivity (Wildman–Crippen MR) is 58.5 cm³/mol. The number of rotatable bonds is 4. The first-order valence-electron chi connectivity index (χ1n) is 4.55. The van der Waals surface area contributed by atoms with Crippen molar-refractivity contribution >= 4 is 12.0 Å². The van der Waals surface area contributed by atoms with Crippen LogP contribution in [0.2, 0.25) is 0 Å². The predicted octanol–water partition coefficient (Wildman–Crippen LogP) is 1.22. The molecule has 1 aromatic rings. The highest BCUT2D eigenvalue weighted by Gasteiger charge is 2.02. The average Bonchev–Trinajstić information content (AvgIpc) is 2.35. The van der Waals surface area contributed by atoms with Crippen molar-refractivity contribution < 1.29 is 19.5 Å². The van der Waals surface area contributed by atoms with E-state index in [0.717, 1.165) is 0 Å². The minimum atomic E-state index is -0.599. The zero-order chi connectivity index (χ0) is 12.0. The maximum absolute atomic E-state index is 10.8. The molecule has 5 nitrogen and oxygen atoms in total. The first-order chi connectivity index (χ1) is 7.71. The lowest BCUT2D eigenvalue weighted by molar-refractivity contribution is -0.124. The Hall–Kier alpha value is -2.01. The van der Waals surface area contributed by atoms with Crippen molar-refractivity contribution in [2.75, 3.05) is 14.2 Å². The van der Waals surface area contributed by atoms with Crippen LogP contribution in [0.25, 0.3) is 6.08 Å². The maximum atomic E-state index is 10.8. The van der Waals surface area contributed by atoms with Gasteiger partial charge in [0.1, 0.15) is 11.5 Å². The maximum Gasteiger partial charge on any atom is 0.267 e. The van der Waals surface area contributed by atoms with E-state index in [1.807, 2.05) is 0 Å². The first kappa shape index (κ1) is 12.1. The summed E-state index contributed by atoms with van der Waals surface area (Å²) < 4.78 is 10.2. The summed E-state index contributed by atoms with van der Waals surface area (Å²) in [5.74, 6) is 0.653. The second kappa shape index (κ2) is 5.77. The number of ether oxygens (including phenoxy) is 2. The van der Waals surface area contributed by atoms with Gasteiger partial charge in [-0.3, -0.25) is 10.0 Å². The van der Waals surface area contributed by atoms with Crippen LogP contribution in [0, 0.1) is 0 Å². The Morgan fingerprint density at radius 1 is 1.38 bits per heavy atom. The van der Waals surface area contributed by atoms with Gasteiger partial charge in [-0.15, -0.1) is 0 Å². The number of amides is 1. The van der Waals surface area contributed by atoms with Crippen molar-refractivity contribution in [2.45, 2.75) is 0 Å². The summed E-state index contributed by atoms with van der Waals surface area (Å²) in [7, 11) is 3.09. The van der Waals surface area contributed by atoms with Crippen LogP contribution in [0.1, 0.15) is 5.56 Å². The van der Waals surface area contributed by atoms with Gasteiger partial charge in [-0.2, -0.15) is 0 Å².